The van der Waals surface area contributed by atoms with E-state index in [9.17, 15) is 4.79 Å². The van der Waals surface area contributed by atoms with Crippen LogP contribution in [0.15, 0.2) is 73.1 Å². The first-order valence-corrected chi connectivity index (χ1v) is 8.56. The van der Waals surface area contributed by atoms with Gasteiger partial charge in [0.05, 0.1) is 17.9 Å². The Morgan fingerprint density at radius 1 is 1.04 bits per heavy atom. The van der Waals surface area contributed by atoms with Crippen LogP contribution in [0.4, 0.5) is 5.69 Å². The highest BCUT2D eigenvalue weighted by Crippen LogP contribution is 2.15. The normalized spacial score (nSPS) is 10.7. The van der Waals surface area contributed by atoms with Crippen LogP contribution in [0.5, 0.6) is 0 Å². The quantitative estimate of drug-likeness (QED) is 0.595. The van der Waals surface area contributed by atoms with Crippen molar-refractivity contribution in [3.8, 4) is 5.69 Å². The number of carbonyl (C=O) groups is 1. The number of hydrogen-bond acceptors (Lipinski definition) is 4. The lowest BCUT2D eigenvalue weighted by molar-refractivity contribution is 0.102. The van der Waals surface area contributed by atoms with Crippen LogP contribution in [-0.2, 0) is 6.54 Å². The standard InChI is InChI=1S/C20H18N6O/c1-15-19(23-24-26(15)14-16-6-3-2-4-7-16)20(27)22-17-8-10-18(11-9-17)25-13-5-12-21-25/h2-13H,14H2,1H3,(H,22,27). The van der Waals surface area contributed by atoms with Gasteiger partial charge in [0, 0.05) is 18.1 Å². The molecule has 4 rings (SSSR count). The van der Waals surface area contributed by atoms with Crippen LogP contribution in [-0.4, -0.2) is 30.7 Å². The second-order valence-corrected chi connectivity index (χ2v) is 6.12. The van der Waals surface area contributed by atoms with Gasteiger partial charge in [0.15, 0.2) is 5.69 Å². The van der Waals surface area contributed by atoms with Crippen LogP contribution in [0.25, 0.3) is 5.69 Å². The average molecular weight is 358 g/mol. The summed E-state index contributed by atoms with van der Waals surface area (Å²) in [6, 6.07) is 19.3. The van der Waals surface area contributed by atoms with Crippen molar-refractivity contribution in [3.05, 3.63) is 90.0 Å². The molecule has 0 atom stereocenters. The summed E-state index contributed by atoms with van der Waals surface area (Å²) in [6.45, 7) is 2.42. The van der Waals surface area contributed by atoms with Gasteiger partial charge in [-0.15, -0.1) is 5.10 Å². The largest absolute Gasteiger partial charge is 0.321 e. The third-order valence-electron chi connectivity index (χ3n) is 4.27. The first kappa shape index (κ1) is 16.7. The predicted octanol–water partition coefficient (Wildman–Crippen LogP) is 3.07. The van der Waals surface area contributed by atoms with Crippen molar-refractivity contribution in [2.24, 2.45) is 0 Å². The molecule has 0 aliphatic rings. The molecule has 0 radical (unpaired) electrons. The van der Waals surface area contributed by atoms with Crippen molar-refractivity contribution in [3.63, 3.8) is 0 Å². The zero-order chi connectivity index (χ0) is 18.6. The maximum Gasteiger partial charge on any atom is 0.278 e. The lowest BCUT2D eigenvalue weighted by Gasteiger charge is -2.07. The van der Waals surface area contributed by atoms with Gasteiger partial charge >= 0.3 is 0 Å². The van der Waals surface area contributed by atoms with E-state index in [1.807, 2.05) is 73.8 Å². The molecule has 2 aromatic carbocycles. The van der Waals surface area contributed by atoms with Gasteiger partial charge in [-0.1, -0.05) is 35.5 Å². The fourth-order valence-corrected chi connectivity index (χ4v) is 2.79. The fourth-order valence-electron chi connectivity index (χ4n) is 2.79. The Kier molecular flexibility index (Phi) is 4.49. The summed E-state index contributed by atoms with van der Waals surface area (Å²) >= 11 is 0. The lowest BCUT2D eigenvalue weighted by atomic mass is 10.2. The Morgan fingerprint density at radius 2 is 1.81 bits per heavy atom. The van der Waals surface area contributed by atoms with E-state index in [1.165, 1.54) is 0 Å². The third-order valence-corrected chi connectivity index (χ3v) is 4.27. The van der Waals surface area contributed by atoms with E-state index in [-0.39, 0.29) is 5.91 Å². The van der Waals surface area contributed by atoms with Crippen LogP contribution in [0.3, 0.4) is 0 Å². The van der Waals surface area contributed by atoms with Gasteiger partial charge in [0.2, 0.25) is 0 Å². The van der Waals surface area contributed by atoms with E-state index in [2.05, 4.69) is 20.7 Å². The van der Waals surface area contributed by atoms with E-state index >= 15 is 0 Å². The Bertz CT molecular complexity index is 1040. The summed E-state index contributed by atoms with van der Waals surface area (Å²) < 4.78 is 3.48. The molecule has 0 aliphatic carbocycles. The zero-order valence-corrected chi connectivity index (χ0v) is 14.8. The van der Waals surface area contributed by atoms with Gasteiger partial charge in [-0.2, -0.15) is 5.10 Å². The number of rotatable bonds is 5. The number of hydrogen-bond donors (Lipinski definition) is 1. The number of carbonyl (C=O) groups excluding carboxylic acids is 1. The second kappa shape index (κ2) is 7.25. The monoisotopic (exact) mass is 358 g/mol. The first-order chi connectivity index (χ1) is 13.2. The number of nitrogens with zero attached hydrogens (tertiary/aromatic N) is 5. The van der Waals surface area contributed by atoms with E-state index < -0.39 is 0 Å². The lowest BCUT2D eigenvalue weighted by Crippen LogP contribution is -2.14. The highest BCUT2D eigenvalue weighted by atomic mass is 16.2. The van der Waals surface area contributed by atoms with Gasteiger partial charge < -0.3 is 5.32 Å². The molecule has 0 fully saturated rings. The highest BCUT2D eigenvalue weighted by molar-refractivity contribution is 6.03. The summed E-state index contributed by atoms with van der Waals surface area (Å²) in [6.07, 6.45) is 3.58. The number of benzene rings is 2. The minimum atomic E-state index is -0.279. The van der Waals surface area contributed by atoms with E-state index in [0.29, 0.717) is 17.9 Å². The molecule has 0 saturated heterocycles. The van der Waals surface area contributed by atoms with Crippen LogP contribution in [0.1, 0.15) is 21.7 Å². The molecular formula is C20H18N6O. The minimum Gasteiger partial charge on any atom is -0.321 e. The van der Waals surface area contributed by atoms with E-state index in [0.717, 1.165) is 16.9 Å². The number of amides is 1. The van der Waals surface area contributed by atoms with Crippen LogP contribution in [0.2, 0.25) is 0 Å². The molecule has 134 valence electrons. The van der Waals surface area contributed by atoms with E-state index in [1.54, 1.807) is 15.6 Å². The first-order valence-electron chi connectivity index (χ1n) is 8.56. The van der Waals surface area contributed by atoms with Gasteiger partial charge in [-0.05, 0) is 42.8 Å². The predicted molar refractivity (Wildman–Crippen MR) is 102 cm³/mol. The smallest absolute Gasteiger partial charge is 0.278 e. The maximum atomic E-state index is 12.6. The highest BCUT2D eigenvalue weighted by Gasteiger charge is 2.16. The molecule has 7 nitrogen and oxygen atoms in total. The van der Waals surface area contributed by atoms with Crippen LogP contribution in [0, 0.1) is 6.92 Å². The molecule has 4 aromatic rings. The zero-order valence-electron chi connectivity index (χ0n) is 14.8. The topological polar surface area (TPSA) is 77.6 Å². The number of anilines is 1. The molecule has 2 aromatic heterocycles. The van der Waals surface area contributed by atoms with Crippen LogP contribution >= 0.6 is 0 Å². The third kappa shape index (κ3) is 3.62. The SMILES string of the molecule is Cc1c(C(=O)Nc2ccc(-n3cccn3)cc2)nnn1Cc1ccccc1. The van der Waals surface area contributed by atoms with Gasteiger partial charge in [0.25, 0.3) is 5.91 Å². The van der Waals surface area contributed by atoms with Crippen molar-refractivity contribution in [2.45, 2.75) is 13.5 Å². The molecule has 0 aliphatic heterocycles. The van der Waals surface area contributed by atoms with Gasteiger partial charge in [0.1, 0.15) is 0 Å². The van der Waals surface area contributed by atoms with Gasteiger partial charge in [-0.25, -0.2) is 9.36 Å². The Labute approximate surface area is 156 Å². The van der Waals surface area contributed by atoms with Crippen molar-refractivity contribution in [1.82, 2.24) is 24.8 Å². The molecule has 0 unspecified atom stereocenters. The van der Waals surface area contributed by atoms with Crippen molar-refractivity contribution < 1.29 is 4.79 Å². The second-order valence-electron chi connectivity index (χ2n) is 6.12. The van der Waals surface area contributed by atoms with Gasteiger partial charge in [-0.3, -0.25) is 4.79 Å². The minimum absolute atomic E-state index is 0.279. The summed E-state index contributed by atoms with van der Waals surface area (Å²) in [7, 11) is 0. The Balaban J connectivity index is 1.47. The van der Waals surface area contributed by atoms with Crippen LogP contribution < -0.4 is 5.32 Å². The molecule has 1 amide bonds. The molecule has 0 spiro atoms. The fraction of sp³-hybridized carbons (Fsp3) is 0.100. The molecule has 1 N–H and O–H groups in total. The molecule has 0 saturated carbocycles. The van der Waals surface area contributed by atoms with Crippen molar-refractivity contribution in [1.29, 1.82) is 0 Å². The molecule has 2 heterocycles. The molecule has 27 heavy (non-hydrogen) atoms. The average Bonchev–Trinajstić information content (AvgIpc) is 3.34. The Hall–Kier alpha value is -3.74. The molecule has 0 bridgehead atoms. The number of nitrogens with one attached hydrogen (secondary N) is 1. The summed E-state index contributed by atoms with van der Waals surface area (Å²) in [5.41, 5.74) is 3.76. The summed E-state index contributed by atoms with van der Waals surface area (Å²) in [5, 5.41) is 15.2. The number of aromatic nitrogens is 5. The van der Waals surface area contributed by atoms with Crippen molar-refractivity contribution in [2.75, 3.05) is 5.32 Å². The summed E-state index contributed by atoms with van der Waals surface area (Å²) in [5.74, 6) is -0.279. The Morgan fingerprint density at radius 3 is 2.52 bits per heavy atom. The molecular weight excluding hydrogens is 340 g/mol. The molecule has 7 heteroatoms. The van der Waals surface area contributed by atoms with E-state index in [4.69, 9.17) is 0 Å². The maximum absolute atomic E-state index is 12.6. The summed E-state index contributed by atoms with van der Waals surface area (Å²) in [4.78, 5) is 12.6. The van der Waals surface area contributed by atoms with Crippen molar-refractivity contribution >= 4 is 11.6 Å².